The maximum absolute atomic E-state index is 9.02. The molecule has 0 heterocycles. The Hall–Kier alpha value is -2.51. The van der Waals surface area contributed by atoms with E-state index in [1.165, 1.54) is 0 Å². The zero-order valence-corrected chi connectivity index (χ0v) is 12.2. The molecule has 1 unspecified atom stereocenters. The zero-order valence-electron chi connectivity index (χ0n) is 12.2. The van der Waals surface area contributed by atoms with Gasteiger partial charge in [-0.1, -0.05) is 19.1 Å². The van der Waals surface area contributed by atoms with E-state index in [-0.39, 0.29) is 6.04 Å². The summed E-state index contributed by atoms with van der Waals surface area (Å²) in [4.78, 5) is 0. The molecular weight excluding hydrogens is 264 g/mol. The molecule has 0 radical (unpaired) electrons. The minimum atomic E-state index is -0.00599. The van der Waals surface area contributed by atoms with Crippen molar-refractivity contribution in [2.75, 3.05) is 7.11 Å². The molecule has 2 N–H and O–H groups in total. The van der Waals surface area contributed by atoms with E-state index in [4.69, 9.17) is 20.5 Å². The summed E-state index contributed by atoms with van der Waals surface area (Å²) < 4.78 is 11.0. The number of hydrogen-bond acceptors (Lipinski definition) is 4. The quantitative estimate of drug-likeness (QED) is 0.906. The number of ether oxygens (including phenoxy) is 2. The van der Waals surface area contributed by atoms with Crippen LogP contribution >= 0.6 is 0 Å². The average molecular weight is 282 g/mol. The van der Waals surface area contributed by atoms with E-state index in [9.17, 15) is 0 Å². The predicted octanol–water partition coefficient (Wildman–Crippen LogP) is 3.77. The molecule has 0 aliphatic carbocycles. The number of nitriles is 1. The SMILES string of the molecule is CCC(N)c1cccc(Oc2cc(C#N)cc(OC)c2)c1. The van der Waals surface area contributed by atoms with Gasteiger partial charge in [-0.3, -0.25) is 0 Å². The summed E-state index contributed by atoms with van der Waals surface area (Å²) in [6.07, 6.45) is 0.862. The fraction of sp³-hybridized carbons (Fsp3) is 0.235. The molecule has 0 bridgehead atoms. The Morgan fingerprint density at radius 2 is 1.90 bits per heavy atom. The molecule has 2 rings (SSSR count). The molecule has 0 fully saturated rings. The maximum atomic E-state index is 9.02. The molecule has 0 aromatic heterocycles. The minimum Gasteiger partial charge on any atom is -0.497 e. The van der Waals surface area contributed by atoms with Crippen molar-refractivity contribution in [3.05, 3.63) is 53.6 Å². The molecule has 2 aromatic rings. The average Bonchev–Trinajstić information content (AvgIpc) is 2.53. The summed E-state index contributed by atoms with van der Waals surface area (Å²) in [5.74, 6) is 1.84. The third-order valence-electron chi connectivity index (χ3n) is 3.21. The van der Waals surface area contributed by atoms with Crippen LogP contribution in [0.3, 0.4) is 0 Å². The molecular formula is C17H18N2O2. The minimum absolute atomic E-state index is 0.00599. The smallest absolute Gasteiger partial charge is 0.132 e. The van der Waals surface area contributed by atoms with Crippen LogP contribution in [0.25, 0.3) is 0 Å². The van der Waals surface area contributed by atoms with Gasteiger partial charge in [0.2, 0.25) is 0 Å². The molecule has 0 spiro atoms. The monoisotopic (exact) mass is 282 g/mol. The standard InChI is InChI=1S/C17H18N2O2/c1-3-17(19)13-5-4-6-14(9-13)21-16-8-12(11-18)7-15(10-16)20-2/h4-10,17H,3,19H2,1-2H3. The van der Waals surface area contributed by atoms with Gasteiger partial charge in [-0.2, -0.15) is 5.26 Å². The van der Waals surface area contributed by atoms with Crippen LogP contribution in [0.5, 0.6) is 17.2 Å². The molecule has 2 aromatic carbocycles. The Labute approximate surface area is 124 Å². The molecule has 21 heavy (non-hydrogen) atoms. The van der Waals surface area contributed by atoms with Gasteiger partial charge in [-0.25, -0.2) is 0 Å². The summed E-state index contributed by atoms with van der Waals surface area (Å²) in [7, 11) is 1.56. The van der Waals surface area contributed by atoms with Crippen LogP contribution in [0.1, 0.15) is 30.5 Å². The lowest BCUT2D eigenvalue weighted by atomic mass is 10.1. The maximum Gasteiger partial charge on any atom is 0.132 e. The summed E-state index contributed by atoms with van der Waals surface area (Å²) in [5, 5.41) is 9.02. The lowest BCUT2D eigenvalue weighted by molar-refractivity contribution is 0.409. The topological polar surface area (TPSA) is 68.3 Å². The normalized spacial score (nSPS) is 11.5. The van der Waals surface area contributed by atoms with Gasteiger partial charge in [0.15, 0.2) is 0 Å². The van der Waals surface area contributed by atoms with Crippen LogP contribution in [0.15, 0.2) is 42.5 Å². The molecule has 0 aliphatic heterocycles. The van der Waals surface area contributed by atoms with Gasteiger partial charge in [0.25, 0.3) is 0 Å². The van der Waals surface area contributed by atoms with Gasteiger partial charge in [0, 0.05) is 12.1 Å². The Morgan fingerprint density at radius 1 is 1.14 bits per heavy atom. The third-order valence-corrected chi connectivity index (χ3v) is 3.21. The largest absolute Gasteiger partial charge is 0.497 e. The van der Waals surface area contributed by atoms with Crippen molar-refractivity contribution in [3.8, 4) is 23.3 Å². The van der Waals surface area contributed by atoms with E-state index in [1.54, 1.807) is 25.3 Å². The summed E-state index contributed by atoms with van der Waals surface area (Å²) in [6.45, 7) is 2.04. The van der Waals surface area contributed by atoms with Gasteiger partial charge >= 0.3 is 0 Å². The van der Waals surface area contributed by atoms with E-state index >= 15 is 0 Å². The first-order valence-corrected chi connectivity index (χ1v) is 6.79. The van der Waals surface area contributed by atoms with Crippen molar-refractivity contribution in [3.63, 3.8) is 0 Å². The lowest BCUT2D eigenvalue weighted by Crippen LogP contribution is -2.08. The van der Waals surface area contributed by atoms with E-state index in [1.807, 2.05) is 31.2 Å². The highest BCUT2D eigenvalue weighted by Gasteiger charge is 2.07. The molecule has 4 nitrogen and oxygen atoms in total. The Morgan fingerprint density at radius 3 is 2.57 bits per heavy atom. The van der Waals surface area contributed by atoms with E-state index < -0.39 is 0 Å². The van der Waals surface area contributed by atoms with Crippen LogP contribution in [0.2, 0.25) is 0 Å². The fourth-order valence-electron chi connectivity index (χ4n) is 1.99. The molecule has 0 saturated carbocycles. The van der Waals surface area contributed by atoms with Crippen LogP contribution in [0, 0.1) is 11.3 Å². The number of nitrogens with zero attached hydrogens (tertiary/aromatic N) is 1. The number of nitrogens with two attached hydrogens (primary N) is 1. The number of benzene rings is 2. The lowest BCUT2D eigenvalue weighted by Gasteiger charge is -2.12. The van der Waals surface area contributed by atoms with Crippen LogP contribution in [-0.4, -0.2) is 7.11 Å². The first-order valence-electron chi connectivity index (χ1n) is 6.79. The van der Waals surface area contributed by atoms with Crippen LogP contribution in [0.4, 0.5) is 0 Å². The second-order valence-corrected chi connectivity index (χ2v) is 4.70. The molecule has 0 aliphatic rings. The van der Waals surface area contributed by atoms with Gasteiger partial charge < -0.3 is 15.2 Å². The highest BCUT2D eigenvalue weighted by Crippen LogP contribution is 2.28. The van der Waals surface area contributed by atoms with Crippen molar-refractivity contribution in [1.82, 2.24) is 0 Å². The number of rotatable bonds is 5. The molecule has 0 saturated heterocycles. The van der Waals surface area contributed by atoms with E-state index in [2.05, 4.69) is 6.07 Å². The second-order valence-electron chi connectivity index (χ2n) is 4.70. The Bertz CT molecular complexity index is 662. The van der Waals surface area contributed by atoms with Crippen molar-refractivity contribution in [2.45, 2.75) is 19.4 Å². The number of methoxy groups -OCH3 is 1. The van der Waals surface area contributed by atoms with E-state index in [0.29, 0.717) is 22.8 Å². The highest BCUT2D eigenvalue weighted by atomic mass is 16.5. The van der Waals surface area contributed by atoms with Gasteiger partial charge in [-0.15, -0.1) is 0 Å². The van der Waals surface area contributed by atoms with Crippen molar-refractivity contribution < 1.29 is 9.47 Å². The third kappa shape index (κ3) is 3.74. The van der Waals surface area contributed by atoms with Crippen LogP contribution < -0.4 is 15.2 Å². The number of hydrogen-bond donors (Lipinski definition) is 1. The summed E-state index contributed by atoms with van der Waals surface area (Å²) in [5.41, 5.74) is 7.55. The molecule has 1 atom stereocenters. The first-order chi connectivity index (χ1) is 10.2. The van der Waals surface area contributed by atoms with Crippen molar-refractivity contribution >= 4 is 0 Å². The van der Waals surface area contributed by atoms with Gasteiger partial charge in [-0.05, 0) is 36.2 Å². The summed E-state index contributed by atoms with van der Waals surface area (Å²) >= 11 is 0. The predicted molar refractivity (Wildman–Crippen MR) is 81.4 cm³/mol. The van der Waals surface area contributed by atoms with E-state index in [0.717, 1.165) is 12.0 Å². The Kier molecular flexibility index (Phi) is 4.81. The Balaban J connectivity index is 2.28. The molecule has 0 amide bonds. The van der Waals surface area contributed by atoms with Crippen molar-refractivity contribution in [1.29, 1.82) is 5.26 Å². The first kappa shape index (κ1) is 14.9. The highest BCUT2D eigenvalue weighted by molar-refractivity contribution is 5.45. The van der Waals surface area contributed by atoms with Crippen LogP contribution in [-0.2, 0) is 0 Å². The second kappa shape index (κ2) is 6.78. The zero-order chi connectivity index (χ0) is 15.2. The van der Waals surface area contributed by atoms with Gasteiger partial charge in [0.1, 0.15) is 17.2 Å². The molecule has 4 heteroatoms. The molecule has 108 valence electrons. The van der Waals surface area contributed by atoms with Gasteiger partial charge in [0.05, 0.1) is 18.7 Å². The van der Waals surface area contributed by atoms with Crippen molar-refractivity contribution in [2.24, 2.45) is 5.73 Å². The summed E-state index contributed by atoms with van der Waals surface area (Å²) in [6, 6.07) is 14.8. The fourth-order valence-corrected chi connectivity index (χ4v) is 1.99.